The lowest BCUT2D eigenvalue weighted by atomic mass is 9.89. The molecule has 0 heterocycles. The highest BCUT2D eigenvalue weighted by atomic mass is 16.6. The second-order valence-corrected chi connectivity index (χ2v) is 6.02. The van der Waals surface area contributed by atoms with Gasteiger partial charge in [-0.2, -0.15) is 0 Å². The third-order valence-electron chi connectivity index (χ3n) is 4.41. The Hall–Kier alpha value is -1.07. The number of amides is 1. The minimum Gasteiger partial charge on any atom is -0.447 e. The molecule has 5 heteroatoms. The first-order valence-electron chi connectivity index (χ1n) is 7.42. The highest BCUT2D eigenvalue weighted by Crippen LogP contribution is 2.47. The summed E-state index contributed by atoms with van der Waals surface area (Å²) in [4.78, 5) is 11.5. The first-order valence-corrected chi connectivity index (χ1v) is 7.42. The number of aliphatic hydroxyl groups excluding tert-OH is 1. The van der Waals surface area contributed by atoms with Crippen molar-refractivity contribution < 1.29 is 19.4 Å². The molecule has 0 radical (unpaired) electrons. The van der Waals surface area contributed by atoms with E-state index in [1.807, 2.05) is 0 Å². The Morgan fingerprint density at radius 2 is 2.20 bits per heavy atom. The van der Waals surface area contributed by atoms with Gasteiger partial charge in [0.25, 0.3) is 0 Å². The molecule has 2 bridgehead atoms. The van der Waals surface area contributed by atoms with Crippen molar-refractivity contribution in [2.24, 2.45) is 17.8 Å². The molecule has 2 rings (SSSR count). The van der Waals surface area contributed by atoms with Gasteiger partial charge in [0.2, 0.25) is 0 Å². The number of carbonyl (C=O) groups is 1. The Kier molecular flexibility index (Phi) is 5.43. The quantitative estimate of drug-likeness (QED) is 0.426. The number of rotatable bonds is 7. The van der Waals surface area contributed by atoms with E-state index in [-0.39, 0.29) is 13.2 Å². The summed E-state index contributed by atoms with van der Waals surface area (Å²) in [7, 11) is 0. The Labute approximate surface area is 120 Å². The fourth-order valence-electron chi connectivity index (χ4n) is 3.33. The lowest BCUT2D eigenvalue weighted by molar-refractivity contribution is -0.0817. The summed E-state index contributed by atoms with van der Waals surface area (Å²) in [6.45, 7) is 6.25. The zero-order chi connectivity index (χ0) is 14.5. The van der Waals surface area contributed by atoms with Crippen LogP contribution in [0.15, 0.2) is 12.2 Å². The van der Waals surface area contributed by atoms with E-state index >= 15 is 0 Å². The van der Waals surface area contributed by atoms with Gasteiger partial charge in [-0.25, -0.2) is 4.79 Å². The van der Waals surface area contributed by atoms with Crippen molar-refractivity contribution in [3.05, 3.63) is 12.2 Å². The van der Waals surface area contributed by atoms with E-state index in [1.54, 1.807) is 6.92 Å². The first kappa shape index (κ1) is 15.3. The van der Waals surface area contributed by atoms with Crippen molar-refractivity contribution in [1.29, 1.82) is 0 Å². The minimum atomic E-state index is -0.990. The lowest BCUT2D eigenvalue weighted by Crippen LogP contribution is -2.32. The number of hydrogen-bond acceptors (Lipinski definition) is 4. The Morgan fingerprint density at radius 1 is 1.40 bits per heavy atom. The molecule has 4 atom stereocenters. The van der Waals surface area contributed by atoms with Crippen LogP contribution in [0.2, 0.25) is 0 Å². The highest BCUT2D eigenvalue weighted by molar-refractivity contribution is 5.67. The van der Waals surface area contributed by atoms with Gasteiger partial charge in [-0.15, -0.1) is 0 Å². The molecule has 2 fully saturated rings. The van der Waals surface area contributed by atoms with Gasteiger partial charge in [0.05, 0.1) is 6.61 Å². The molecule has 0 spiro atoms. The monoisotopic (exact) mass is 283 g/mol. The summed E-state index contributed by atoms with van der Waals surface area (Å²) in [5, 5.41) is 12.1. The molecule has 0 aliphatic heterocycles. The standard InChI is InChI=1S/C15H25NO4/c1-10(2)14(17)19-5-6-20-15(18)16-9-13-8-11-3-4-12(13)7-11/h11-14,17H,1,3-9H2,2H3,(H,16,18). The molecule has 5 nitrogen and oxygen atoms in total. The summed E-state index contributed by atoms with van der Waals surface area (Å²) in [6, 6.07) is 0. The van der Waals surface area contributed by atoms with Crippen molar-refractivity contribution >= 4 is 6.09 Å². The second kappa shape index (κ2) is 7.09. The van der Waals surface area contributed by atoms with E-state index in [1.165, 1.54) is 25.7 Å². The largest absolute Gasteiger partial charge is 0.447 e. The molecule has 2 N–H and O–H groups in total. The van der Waals surface area contributed by atoms with Crippen LogP contribution in [0, 0.1) is 17.8 Å². The van der Waals surface area contributed by atoms with Crippen LogP contribution in [-0.2, 0) is 9.47 Å². The predicted molar refractivity (Wildman–Crippen MR) is 75.1 cm³/mol. The SMILES string of the molecule is C=C(C)C(O)OCCOC(=O)NCC1CC2CCC1C2. The van der Waals surface area contributed by atoms with Crippen LogP contribution in [0.25, 0.3) is 0 Å². The van der Waals surface area contributed by atoms with Crippen LogP contribution >= 0.6 is 0 Å². The van der Waals surface area contributed by atoms with Crippen molar-refractivity contribution in [3.8, 4) is 0 Å². The zero-order valence-electron chi connectivity index (χ0n) is 12.1. The Bertz CT molecular complexity index is 358. The molecule has 2 aliphatic carbocycles. The van der Waals surface area contributed by atoms with Gasteiger partial charge in [0.15, 0.2) is 6.29 Å². The zero-order valence-corrected chi connectivity index (χ0v) is 12.1. The number of nitrogens with one attached hydrogen (secondary N) is 1. The number of carbonyl (C=O) groups excluding carboxylic acids is 1. The topological polar surface area (TPSA) is 67.8 Å². The fraction of sp³-hybridized carbons (Fsp3) is 0.800. The smallest absolute Gasteiger partial charge is 0.407 e. The Balaban J connectivity index is 1.51. The van der Waals surface area contributed by atoms with E-state index in [2.05, 4.69) is 11.9 Å². The molecular formula is C15H25NO4. The van der Waals surface area contributed by atoms with Crippen LogP contribution in [0.3, 0.4) is 0 Å². The summed E-state index contributed by atoms with van der Waals surface area (Å²) < 4.78 is 10.0. The molecule has 4 unspecified atom stereocenters. The third kappa shape index (κ3) is 4.21. The van der Waals surface area contributed by atoms with Crippen molar-refractivity contribution in [3.63, 3.8) is 0 Å². The van der Waals surface area contributed by atoms with E-state index in [9.17, 15) is 9.90 Å². The molecule has 2 aliphatic rings. The van der Waals surface area contributed by atoms with Crippen molar-refractivity contribution in [1.82, 2.24) is 5.32 Å². The maximum atomic E-state index is 11.5. The lowest BCUT2D eigenvalue weighted by Gasteiger charge is -2.21. The maximum absolute atomic E-state index is 11.5. The predicted octanol–water partition coefficient (Wildman–Crippen LogP) is 2.06. The number of alkyl carbamates (subject to hydrolysis) is 1. The summed E-state index contributed by atoms with van der Waals surface area (Å²) in [5.41, 5.74) is 0.533. The van der Waals surface area contributed by atoms with Crippen LogP contribution < -0.4 is 5.32 Å². The summed E-state index contributed by atoms with van der Waals surface area (Å²) >= 11 is 0. The molecule has 0 aromatic rings. The van der Waals surface area contributed by atoms with Gasteiger partial charge in [0.1, 0.15) is 6.61 Å². The van der Waals surface area contributed by atoms with Crippen LogP contribution in [-0.4, -0.2) is 37.2 Å². The molecule has 0 saturated heterocycles. The average Bonchev–Trinajstić information content (AvgIpc) is 3.03. The van der Waals surface area contributed by atoms with Crippen LogP contribution in [0.1, 0.15) is 32.6 Å². The normalized spacial score (nSPS) is 29.2. The van der Waals surface area contributed by atoms with Crippen LogP contribution in [0.4, 0.5) is 4.79 Å². The molecule has 114 valence electrons. The molecule has 0 aromatic carbocycles. The van der Waals surface area contributed by atoms with Gasteiger partial charge in [0, 0.05) is 6.54 Å². The Morgan fingerprint density at radius 3 is 2.80 bits per heavy atom. The number of hydrogen-bond donors (Lipinski definition) is 2. The van der Waals surface area contributed by atoms with Gasteiger partial charge in [-0.3, -0.25) is 0 Å². The van der Waals surface area contributed by atoms with Crippen molar-refractivity contribution in [2.75, 3.05) is 19.8 Å². The number of aliphatic hydroxyl groups is 1. The molecule has 20 heavy (non-hydrogen) atoms. The first-order chi connectivity index (χ1) is 9.56. The average molecular weight is 283 g/mol. The van der Waals surface area contributed by atoms with Gasteiger partial charge < -0.3 is 19.9 Å². The van der Waals surface area contributed by atoms with Crippen LogP contribution in [0.5, 0.6) is 0 Å². The second-order valence-electron chi connectivity index (χ2n) is 6.02. The van der Waals surface area contributed by atoms with Crippen molar-refractivity contribution in [2.45, 2.75) is 38.9 Å². The number of fused-ring (bicyclic) bond motifs is 2. The van der Waals surface area contributed by atoms with Gasteiger partial charge in [-0.1, -0.05) is 13.0 Å². The summed E-state index contributed by atoms with van der Waals surface area (Å²) in [5.74, 6) is 2.32. The van der Waals surface area contributed by atoms with E-state index in [0.717, 1.165) is 18.4 Å². The summed E-state index contributed by atoms with van der Waals surface area (Å²) in [6.07, 6.45) is 3.89. The third-order valence-corrected chi connectivity index (χ3v) is 4.41. The number of ether oxygens (including phenoxy) is 2. The molecular weight excluding hydrogens is 258 g/mol. The van der Waals surface area contributed by atoms with Gasteiger partial charge in [-0.05, 0) is 49.5 Å². The molecule has 1 amide bonds. The highest BCUT2D eigenvalue weighted by Gasteiger charge is 2.39. The van der Waals surface area contributed by atoms with Gasteiger partial charge >= 0.3 is 6.09 Å². The van der Waals surface area contributed by atoms with E-state index < -0.39 is 12.4 Å². The molecule has 0 aromatic heterocycles. The van der Waals surface area contributed by atoms with E-state index in [4.69, 9.17) is 9.47 Å². The maximum Gasteiger partial charge on any atom is 0.407 e. The fourth-order valence-corrected chi connectivity index (χ4v) is 3.33. The minimum absolute atomic E-state index is 0.132. The molecule has 2 saturated carbocycles. The van der Waals surface area contributed by atoms with E-state index in [0.29, 0.717) is 11.5 Å².